The molecule has 0 aliphatic heterocycles. The zero-order valence-electron chi connectivity index (χ0n) is 14.3. The van der Waals surface area contributed by atoms with Crippen LogP contribution in [0.4, 0.5) is 0 Å². The summed E-state index contributed by atoms with van der Waals surface area (Å²) in [4.78, 5) is 4.66. The molecule has 0 aliphatic carbocycles. The Kier molecular flexibility index (Phi) is 4.08. The summed E-state index contributed by atoms with van der Waals surface area (Å²) in [6.45, 7) is 9.18. The largest absolute Gasteiger partial charge is 0.300 e. The van der Waals surface area contributed by atoms with Crippen molar-refractivity contribution in [1.82, 2.24) is 9.55 Å². The van der Waals surface area contributed by atoms with Gasteiger partial charge in [0.15, 0.2) is 0 Å². The highest BCUT2D eigenvalue weighted by Crippen LogP contribution is 2.37. The Labute approximate surface area is 138 Å². The van der Waals surface area contributed by atoms with Crippen molar-refractivity contribution in [2.75, 3.05) is 0 Å². The average molecular weight is 304 g/mol. The van der Waals surface area contributed by atoms with Gasteiger partial charge in [-0.15, -0.1) is 0 Å². The van der Waals surface area contributed by atoms with Crippen molar-refractivity contribution in [3.8, 4) is 17.1 Å². The number of hydrogen-bond acceptors (Lipinski definition) is 1. The van der Waals surface area contributed by atoms with Gasteiger partial charge < -0.3 is 0 Å². The van der Waals surface area contributed by atoms with E-state index in [0.717, 1.165) is 11.5 Å². The number of nitrogens with zero attached hydrogens (tertiary/aromatic N) is 2. The summed E-state index contributed by atoms with van der Waals surface area (Å²) in [7, 11) is 0. The Hall–Kier alpha value is -2.35. The molecular formula is C21H24N2. The number of imidazole rings is 1. The number of aromatic nitrogens is 2. The fourth-order valence-corrected chi connectivity index (χ4v) is 2.85. The van der Waals surface area contributed by atoms with Gasteiger partial charge in [0.1, 0.15) is 5.82 Å². The maximum Gasteiger partial charge on any atom is 0.144 e. The van der Waals surface area contributed by atoms with E-state index < -0.39 is 0 Å². The molecule has 0 radical (unpaired) electrons. The lowest BCUT2D eigenvalue weighted by molar-refractivity contribution is 0.373. The Morgan fingerprint density at radius 3 is 2.26 bits per heavy atom. The van der Waals surface area contributed by atoms with Crippen molar-refractivity contribution in [3.63, 3.8) is 0 Å². The molecule has 0 saturated heterocycles. The molecule has 0 bridgehead atoms. The van der Waals surface area contributed by atoms with E-state index in [-0.39, 0.29) is 5.41 Å². The van der Waals surface area contributed by atoms with Gasteiger partial charge in [0, 0.05) is 23.6 Å². The first-order valence-corrected chi connectivity index (χ1v) is 8.20. The predicted octanol–water partition coefficient (Wildman–Crippen LogP) is 5.47. The molecule has 0 amide bonds. The van der Waals surface area contributed by atoms with Gasteiger partial charge in [-0.2, -0.15) is 0 Å². The van der Waals surface area contributed by atoms with Crippen LogP contribution in [0.2, 0.25) is 0 Å². The van der Waals surface area contributed by atoms with Crippen molar-refractivity contribution >= 4 is 0 Å². The maximum atomic E-state index is 4.66. The third-order valence-electron chi connectivity index (χ3n) is 4.98. The van der Waals surface area contributed by atoms with Gasteiger partial charge in [-0.3, -0.25) is 4.57 Å². The van der Waals surface area contributed by atoms with E-state index in [2.05, 4.69) is 85.8 Å². The summed E-state index contributed by atoms with van der Waals surface area (Å²) < 4.78 is 2.16. The molecule has 0 unspecified atom stereocenters. The molecule has 0 fully saturated rings. The number of benzene rings is 2. The zero-order valence-corrected chi connectivity index (χ0v) is 14.3. The highest BCUT2D eigenvalue weighted by molar-refractivity contribution is 5.65. The molecule has 0 spiro atoms. The molecular weight excluding hydrogens is 280 g/mol. The van der Waals surface area contributed by atoms with Gasteiger partial charge >= 0.3 is 0 Å². The van der Waals surface area contributed by atoms with Crippen LogP contribution in [0.1, 0.15) is 33.3 Å². The number of para-hydroxylation sites is 1. The van der Waals surface area contributed by atoms with Crippen LogP contribution in [-0.4, -0.2) is 9.55 Å². The first-order valence-electron chi connectivity index (χ1n) is 8.20. The van der Waals surface area contributed by atoms with Crippen LogP contribution in [0.25, 0.3) is 17.1 Å². The fraction of sp³-hybridized carbons (Fsp3) is 0.286. The van der Waals surface area contributed by atoms with Crippen LogP contribution < -0.4 is 0 Å². The third-order valence-corrected chi connectivity index (χ3v) is 4.98. The summed E-state index contributed by atoms with van der Waals surface area (Å²) in [5, 5.41) is 0. The van der Waals surface area contributed by atoms with E-state index >= 15 is 0 Å². The molecule has 1 heterocycles. The molecule has 0 aliphatic rings. The topological polar surface area (TPSA) is 17.8 Å². The highest BCUT2D eigenvalue weighted by atomic mass is 15.1. The van der Waals surface area contributed by atoms with Crippen LogP contribution in [0, 0.1) is 5.92 Å². The lowest BCUT2D eigenvalue weighted by Crippen LogP contribution is -2.25. The Morgan fingerprint density at radius 2 is 1.57 bits per heavy atom. The minimum Gasteiger partial charge on any atom is -0.300 e. The van der Waals surface area contributed by atoms with E-state index in [0.29, 0.717) is 5.92 Å². The molecule has 1 aromatic heterocycles. The quantitative estimate of drug-likeness (QED) is 0.624. The molecule has 2 aromatic carbocycles. The molecule has 2 nitrogen and oxygen atoms in total. The predicted molar refractivity (Wildman–Crippen MR) is 96.9 cm³/mol. The molecule has 0 saturated carbocycles. The lowest BCUT2D eigenvalue weighted by Gasteiger charge is -2.32. The first kappa shape index (κ1) is 15.5. The molecule has 0 atom stereocenters. The van der Waals surface area contributed by atoms with E-state index in [9.17, 15) is 0 Å². The van der Waals surface area contributed by atoms with Crippen LogP contribution >= 0.6 is 0 Å². The Morgan fingerprint density at radius 1 is 0.913 bits per heavy atom. The van der Waals surface area contributed by atoms with E-state index in [1.807, 2.05) is 18.5 Å². The Bertz CT molecular complexity index is 782. The molecule has 3 rings (SSSR count). The standard InChI is InChI=1S/C21H24N2/c1-16(2)21(3,4)19-13-9-8-12-18(19)20-22-14-15-23(20)17-10-6-5-7-11-17/h5-16H,1-4H3. The van der Waals surface area contributed by atoms with Crippen molar-refractivity contribution in [2.24, 2.45) is 5.92 Å². The fourth-order valence-electron chi connectivity index (χ4n) is 2.85. The van der Waals surface area contributed by atoms with Crippen molar-refractivity contribution in [3.05, 3.63) is 72.6 Å². The SMILES string of the molecule is CC(C)C(C)(C)c1ccccc1-c1nccn1-c1ccccc1. The summed E-state index contributed by atoms with van der Waals surface area (Å²) in [6, 6.07) is 19.0. The second-order valence-electron chi connectivity index (χ2n) is 6.88. The third kappa shape index (κ3) is 2.81. The van der Waals surface area contributed by atoms with Crippen LogP contribution in [0.5, 0.6) is 0 Å². The van der Waals surface area contributed by atoms with E-state index in [1.54, 1.807) is 0 Å². The van der Waals surface area contributed by atoms with Crippen LogP contribution in [-0.2, 0) is 5.41 Å². The van der Waals surface area contributed by atoms with Gasteiger partial charge in [-0.25, -0.2) is 4.98 Å². The van der Waals surface area contributed by atoms with Gasteiger partial charge in [0.2, 0.25) is 0 Å². The molecule has 0 N–H and O–H groups in total. The average Bonchev–Trinajstić information content (AvgIpc) is 3.05. The van der Waals surface area contributed by atoms with E-state index in [1.165, 1.54) is 11.1 Å². The van der Waals surface area contributed by atoms with Gasteiger partial charge in [-0.1, -0.05) is 70.2 Å². The van der Waals surface area contributed by atoms with Crippen LogP contribution in [0.15, 0.2) is 67.0 Å². The van der Waals surface area contributed by atoms with Crippen molar-refractivity contribution in [2.45, 2.75) is 33.1 Å². The monoisotopic (exact) mass is 304 g/mol. The summed E-state index contributed by atoms with van der Waals surface area (Å²) >= 11 is 0. The lowest BCUT2D eigenvalue weighted by atomic mass is 9.73. The molecule has 23 heavy (non-hydrogen) atoms. The maximum absolute atomic E-state index is 4.66. The normalized spacial score (nSPS) is 11.9. The Balaban J connectivity index is 2.17. The van der Waals surface area contributed by atoms with Gasteiger partial charge in [0.05, 0.1) is 0 Å². The molecule has 2 heteroatoms. The minimum atomic E-state index is 0.0874. The van der Waals surface area contributed by atoms with Crippen molar-refractivity contribution < 1.29 is 0 Å². The second kappa shape index (κ2) is 6.04. The van der Waals surface area contributed by atoms with Gasteiger partial charge in [0.25, 0.3) is 0 Å². The summed E-state index contributed by atoms with van der Waals surface area (Å²) in [6.07, 6.45) is 3.91. The molecule has 118 valence electrons. The van der Waals surface area contributed by atoms with Gasteiger partial charge in [-0.05, 0) is 29.0 Å². The number of hydrogen-bond donors (Lipinski definition) is 0. The van der Waals surface area contributed by atoms with E-state index in [4.69, 9.17) is 0 Å². The summed E-state index contributed by atoms with van der Waals surface area (Å²) in [5.74, 6) is 1.55. The smallest absolute Gasteiger partial charge is 0.144 e. The highest BCUT2D eigenvalue weighted by Gasteiger charge is 2.28. The number of rotatable bonds is 4. The summed E-state index contributed by atoms with van der Waals surface area (Å²) in [5.41, 5.74) is 3.78. The minimum absolute atomic E-state index is 0.0874. The first-order chi connectivity index (χ1) is 11.0. The van der Waals surface area contributed by atoms with Crippen molar-refractivity contribution in [1.29, 1.82) is 0 Å². The second-order valence-corrected chi connectivity index (χ2v) is 6.88. The molecule has 3 aromatic rings. The van der Waals surface area contributed by atoms with Crippen LogP contribution in [0.3, 0.4) is 0 Å². The zero-order chi connectivity index (χ0) is 16.4.